The van der Waals surface area contributed by atoms with Crippen LogP contribution in [0.4, 0.5) is 0 Å². The molecule has 0 amide bonds. The third-order valence-corrected chi connectivity index (χ3v) is 9.67. The van der Waals surface area contributed by atoms with Gasteiger partial charge in [0.15, 0.2) is 0 Å². The summed E-state index contributed by atoms with van der Waals surface area (Å²) in [5, 5.41) is 0. The van der Waals surface area contributed by atoms with Gasteiger partial charge in [0.05, 0.1) is 0 Å². The molecule has 7 atom stereocenters. The molecule has 0 N–H and O–H groups in total. The Morgan fingerprint density at radius 1 is 0.643 bits per heavy atom. The lowest BCUT2D eigenvalue weighted by atomic mass is 9.53. The van der Waals surface area contributed by atoms with E-state index in [1.54, 1.807) is 50.5 Å². The van der Waals surface area contributed by atoms with E-state index in [0.717, 1.165) is 41.4 Å². The molecule has 5 rings (SSSR count). The summed E-state index contributed by atoms with van der Waals surface area (Å²) in [6.45, 7) is 6.97. The summed E-state index contributed by atoms with van der Waals surface area (Å²) in [6.07, 6.45) is 16.9. The van der Waals surface area contributed by atoms with Gasteiger partial charge in [-0.2, -0.15) is 0 Å². The first-order valence-electron chi connectivity index (χ1n) is 12.6. The summed E-state index contributed by atoms with van der Waals surface area (Å²) in [6, 6.07) is 9.66. The second-order valence-electron chi connectivity index (χ2n) is 12.0. The molecule has 7 unspecified atom stereocenters. The quantitative estimate of drug-likeness (QED) is 0.492. The van der Waals surface area contributed by atoms with E-state index in [1.165, 1.54) is 31.2 Å². The standard InChI is InChI=1S/C28H42/c1-28(2,3)22-12-8-19(9-13-22)18-21-11-15-25-24(21)16-17-26-23-7-5-4-6-20(23)10-14-27(25)26/h8-9,12-13,20-21,23-27H,4-7,10-11,14-18H2,1-3H3. The van der Waals surface area contributed by atoms with Crippen LogP contribution in [0.2, 0.25) is 0 Å². The van der Waals surface area contributed by atoms with Crippen LogP contribution in [0, 0.1) is 41.4 Å². The van der Waals surface area contributed by atoms with Crippen LogP contribution in [0.3, 0.4) is 0 Å². The second-order valence-corrected chi connectivity index (χ2v) is 12.0. The van der Waals surface area contributed by atoms with Gasteiger partial charge in [-0.3, -0.25) is 0 Å². The van der Waals surface area contributed by atoms with E-state index in [4.69, 9.17) is 0 Å². The molecular weight excluding hydrogens is 336 g/mol. The molecule has 0 aromatic heterocycles. The molecule has 0 heterocycles. The molecule has 1 aromatic rings. The number of rotatable bonds is 2. The Kier molecular flexibility index (Phi) is 5.13. The van der Waals surface area contributed by atoms with Gasteiger partial charge in [0, 0.05) is 0 Å². The molecule has 0 spiro atoms. The van der Waals surface area contributed by atoms with E-state index < -0.39 is 0 Å². The van der Waals surface area contributed by atoms with Gasteiger partial charge in [-0.15, -0.1) is 0 Å². The molecule has 0 bridgehead atoms. The minimum Gasteiger partial charge on any atom is -0.0587 e. The van der Waals surface area contributed by atoms with Crippen molar-refractivity contribution in [3.05, 3.63) is 35.4 Å². The minimum absolute atomic E-state index is 0.271. The van der Waals surface area contributed by atoms with Crippen molar-refractivity contribution in [1.29, 1.82) is 0 Å². The summed E-state index contributed by atoms with van der Waals surface area (Å²) in [5.41, 5.74) is 3.34. The lowest BCUT2D eigenvalue weighted by molar-refractivity contribution is -0.0244. The van der Waals surface area contributed by atoms with Crippen LogP contribution >= 0.6 is 0 Å². The van der Waals surface area contributed by atoms with Gasteiger partial charge in [0.1, 0.15) is 0 Å². The zero-order valence-electron chi connectivity index (χ0n) is 18.6. The zero-order valence-corrected chi connectivity index (χ0v) is 18.6. The molecular formula is C28H42. The van der Waals surface area contributed by atoms with Crippen LogP contribution in [-0.4, -0.2) is 0 Å². The largest absolute Gasteiger partial charge is 0.0587 e. The van der Waals surface area contributed by atoms with Crippen LogP contribution in [0.15, 0.2) is 24.3 Å². The van der Waals surface area contributed by atoms with Crippen molar-refractivity contribution in [2.75, 3.05) is 0 Å². The second kappa shape index (κ2) is 7.48. The maximum Gasteiger partial charge on any atom is -0.0132 e. The highest BCUT2D eigenvalue weighted by atomic mass is 14.6. The predicted octanol–water partition coefficient (Wildman–Crippen LogP) is 7.80. The minimum atomic E-state index is 0.271. The van der Waals surface area contributed by atoms with Crippen LogP contribution in [0.1, 0.15) is 96.1 Å². The van der Waals surface area contributed by atoms with E-state index in [9.17, 15) is 0 Å². The van der Waals surface area contributed by atoms with Gasteiger partial charge in [0.25, 0.3) is 0 Å². The fourth-order valence-electron chi connectivity index (χ4n) is 8.30. The Morgan fingerprint density at radius 2 is 1.25 bits per heavy atom. The van der Waals surface area contributed by atoms with Crippen molar-refractivity contribution < 1.29 is 0 Å². The SMILES string of the molecule is CC(C)(C)c1ccc(CC2CCC3C2CCC2C4CCCCC4CCC23)cc1. The molecule has 4 aliphatic carbocycles. The van der Waals surface area contributed by atoms with Crippen molar-refractivity contribution >= 4 is 0 Å². The van der Waals surface area contributed by atoms with E-state index in [1.807, 2.05) is 0 Å². The summed E-state index contributed by atoms with van der Waals surface area (Å²) >= 11 is 0. The summed E-state index contributed by atoms with van der Waals surface area (Å²) in [7, 11) is 0. The Hall–Kier alpha value is -0.780. The fourth-order valence-corrected chi connectivity index (χ4v) is 8.30. The molecule has 0 heteroatoms. The average Bonchev–Trinajstić information content (AvgIpc) is 3.10. The third-order valence-electron chi connectivity index (χ3n) is 9.67. The predicted molar refractivity (Wildman–Crippen MR) is 119 cm³/mol. The van der Waals surface area contributed by atoms with E-state index >= 15 is 0 Å². The Morgan fingerprint density at radius 3 is 2.04 bits per heavy atom. The van der Waals surface area contributed by atoms with Crippen molar-refractivity contribution in [3.8, 4) is 0 Å². The third kappa shape index (κ3) is 3.48. The summed E-state index contributed by atoms with van der Waals surface area (Å²) in [5.74, 6) is 7.55. The van der Waals surface area contributed by atoms with E-state index in [-0.39, 0.29) is 5.41 Å². The molecule has 1 aromatic carbocycles. The Balaban J connectivity index is 1.26. The molecule has 4 aliphatic rings. The summed E-state index contributed by atoms with van der Waals surface area (Å²) < 4.78 is 0. The fraction of sp³-hybridized carbons (Fsp3) is 0.786. The Bertz CT molecular complexity index is 662. The molecule has 0 radical (unpaired) electrons. The number of benzene rings is 1. The lowest BCUT2D eigenvalue weighted by Gasteiger charge is -2.52. The van der Waals surface area contributed by atoms with Gasteiger partial charge in [-0.1, -0.05) is 64.3 Å². The molecule has 0 nitrogen and oxygen atoms in total. The van der Waals surface area contributed by atoms with Crippen molar-refractivity contribution in [2.24, 2.45) is 41.4 Å². The Labute approximate surface area is 173 Å². The first-order chi connectivity index (χ1) is 13.5. The van der Waals surface area contributed by atoms with Crippen LogP contribution in [-0.2, 0) is 11.8 Å². The van der Waals surface area contributed by atoms with Crippen LogP contribution in [0.25, 0.3) is 0 Å². The van der Waals surface area contributed by atoms with Crippen molar-refractivity contribution in [2.45, 2.75) is 96.8 Å². The average molecular weight is 379 g/mol. The van der Waals surface area contributed by atoms with Gasteiger partial charge < -0.3 is 0 Å². The van der Waals surface area contributed by atoms with Gasteiger partial charge in [0.2, 0.25) is 0 Å². The number of hydrogen-bond acceptors (Lipinski definition) is 0. The molecule has 0 saturated heterocycles. The lowest BCUT2D eigenvalue weighted by Crippen LogP contribution is -2.44. The zero-order chi connectivity index (χ0) is 19.3. The monoisotopic (exact) mass is 378 g/mol. The molecule has 28 heavy (non-hydrogen) atoms. The molecule has 4 saturated carbocycles. The first kappa shape index (κ1) is 19.2. The highest BCUT2D eigenvalue weighted by Crippen LogP contribution is 2.59. The number of fused-ring (bicyclic) bond motifs is 5. The highest BCUT2D eigenvalue weighted by Gasteiger charge is 2.50. The topological polar surface area (TPSA) is 0 Å². The maximum absolute atomic E-state index is 2.44. The highest BCUT2D eigenvalue weighted by molar-refractivity contribution is 5.28. The molecule has 4 fully saturated rings. The van der Waals surface area contributed by atoms with Gasteiger partial charge in [-0.05, 0) is 109 Å². The normalized spacial score (nSPS) is 40.5. The van der Waals surface area contributed by atoms with E-state index in [0.29, 0.717) is 0 Å². The van der Waals surface area contributed by atoms with Crippen LogP contribution < -0.4 is 0 Å². The van der Waals surface area contributed by atoms with Gasteiger partial charge >= 0.3 is 0 Å². The van der Waals surface area contributed by atoms with E-state index in [2.05, 4.69) is 45.0 Å². The van der Waals surface area contributed by atoms with Crippen molar-refractivity contribution in [3.63, 3.8) is 0 Å². The van der Waals surface area contributed by atoms with Gasteiger partial charge in [-0.25, -0.2) is 0 Å². The summed E-state index contributed by atoms with van der Waals surface area (Å²) in [4.78, 5) is 0. The molecule has 154 valence electrons. The maximum atomic E-state index is 2.44. The smallest absolute Gasteiger partial charge is 0.0132 e. The number of hydrogen-bond donors (Lipinski definition) is 0. The van der Waals surface area contributed by atoms with Crippen molar-refractivity contribution in [1.82, 2.24) is 0 Å². The van der Waals surface area contributed by atoms with Crippen LogP contribution in [0.5, 0.6) is 0 Å². The first-order valence-corrected chi connectivity index (χ1v) is 12.6. The molecule has 0 aliphatic heterocycles.